The third-order valence-corrected chi connectivity index (χ3v) is 7.21. The first-order valence-electron chi connectivity index (χ1n) is 10.4. The first-order chi connectivity index (χ1) is 14.7. The Morgan fingerprint density at radius 3 is 2.52 bits per heavy atom. The largest absolute Gasteiger partial charge is 0.386 e. The zero-order valence-electron chi connectivity index (χ0n) is 17.1. The number of carbonyl (C=O) groups is 1. The topological polar surface area (TPSA) is 52.6 Å². The minimum Gasteiger partial charge on any atom is -0.386 e. The van der Waals surface area contributed by atoms with Crippen molar-refractivity contribution in [1.82, 2.24) is 4.90 Å². The maximum Gasteiger partial charge on any atom is 0.256 e. The van der Waals surface area contributed by atoms with Crippen LogP contribution in [0.3, 0.4) is 0 Å². The summed E-state index contributed by atoms with van der Waals surface area (Å²) in [5.41, 5.74) is -1.53. The number of benzene rings is 2. The molecule has 1 heterocycles. The van der Waals surface area contributed by atoms with E-state index in [0.29, 0.717) is 9.49 Å². The van der Waals surface area contributed by atoms with Crippen LogP contribution >= 0.6 is 22.6 Å². The van der Waals surface area contributed by atoms with Gasteiger partial charge in [-0.2, -0.15) is 0 Å². The summed E-state index contributed by atoms with van der Waals surface area (Å²) < 4.78 is 43.5. The van der Waals surface area contributed by atoms with Gasteiger partial charge in [0.05, 0.1) is 30.0 Å². The maximum absolute atomic E-state index is 14.6. The van der Waals surface area contributed by atoms with Crippen LogP contribution in [-0.4, -0.2) is 34.6 Å². The average Bonchev–Trinajstić information content (AvgIpc) is 2.71. The molecule has 0 radical (unpaired) electrons. The van der Waals surface area contributed by atoms with Crippen molar-refractivity contribution in [2.75, 3.05) is 18.4 Å². The molecule has 1 saturated carbocycles. The fraction of sp³-hybridized carbons (Fsp3) is 0.435. The molecule has 166 valence electrons. The summed E-state index contributed by atoms with van der Waals surface area (Å²) in [6.07, 6.45) is 4.18. The first-order valence-corrected chi connectivity index (χ1v) is 11.5. The number of hydrogen-bond acceptors (Lipinski definition) is 3. The number of nitrogens with zero attached hydrogens (tertiary/aromatic N) is 1. The van der Waals surface area contributed by atoms with Crippen LogP contribution < -0.4 is 5.32 Å². The molecule has 2 atom stereocenters. The van der Waals surface area contributed by atoms with Gasteiger partial charge >= 0.3 is 0 Å². The number of β-amino-alcohol motifs (C(OH)–C–C–N with tert-alkyl or cyclic N) is 1. The fourth-order valence-corrected chi connectivity index (χ4v) is 5.31. The molecule has 8 heteroatoms. The molecule has 0 aromatic heterocycles. The monoisotopic (exact) mass is 544 g/mol. The Hall–Kier alpha value is -1.81. The third kappa shape index (κ3) is 4.28. The number of carbonyl (C=O) groups excluding carboxylic acids is 1. The lowest BCUT2D eigenvalue weighted by atomic mass is 9.67. The molecular weight excluding hydrogens is 520 g/mol. The number of amides is 1. The summed E-state index contributed by atoms with van der Waals surface area (Å²) in [7, 11) is 0. The predicted octanol–water partition coefficient (Wildman–Crippen LogP) is 5.47. The van der Waals surface area contributed by atoms with Crippen molar-refractivity contribution in [2.24, 2.45) is 11.8 Å². The Labute approximate surface area is 193 Å². The molecule has 31 heavy (non-hydrogen) atoms. The van der Waals surface area contributed by atoms with E-state index in [1.165, 1.54) is 23.1 Å². The highest BCUT2D eigenvalue weighted by Crippen LogP contribution is 2.42. The van der Waals surface area contributed by atoms with Crippen molar-refractivity contribution in [1.29, 1.82) is 0 Å². The van der Waals surface area contributed by atoms with E-state index in [-0.39, 0.29) is 30.3 Å². The van der Waals surface area contributed by atoms with E-state index >= 15 is 0 Å². The Balaban J connectivity index is 1.57. The van der Waals surface area contributed by atoms with E-state index in [1.807, 2.05) is 22.6 Å². The Bertz CT molecular complexity index is 1010. The zero-order valence-corrected chi connectivity index (χ0v) is 19.3. The molecule has 1 saturated heterocycles. The van der Waals surface area contributed by atoms with Crippen LogP contribution in [0.25, 0.3) is 0 Å². The quantitative estimate of drug-likeness (QED) is 0.503. The van der Waals surface area contributed by atoms with Gasteiger partial charge in [-0.15, -0.1) is 0 Å². The Kier molecular flexibility index (Phi) is 6.22. The molecule has 2 aliphatic rings. The number of halogens is 4. The van der Waals surface area contributed by atoms with E-state index in [2.05, 4.69) is 12.2 Å². The lowest BCUT2D eigenvalue weighted by molar-refractivity contribution is -0.139. The van der Waals surface area contributed by atoms with Crippen molar-refractivity contribution in [3.8, 4) is 0 Å². The van der Waals surface area contributed by atoms with Gasteiger partial charge in [0.25, 0.3) is 5.91 Å². The second-order valence-corrected chi connectivity index (χ2v) is 9.91. The van der Waals surface area contributed by atoms with E-state index in [1.54, 1.807) is 6.07 Å². The highest BCUT2D eigenvalue weighted by molar-refractivity contribution is 14.1. The molecule has 1 amide bonds. The standard InChI is InChI=1S/C23H24F3IN2O2/c1-13-4-2-3-5-16(13)23(31)11-29(12-23)22(30)15-7-8-17(24)20(26)21(15)28-19-9-6-14(27)10-18(19)25/h6-10,13,16,28,31H,2-5,11-12H2,1H3/t13-,16?/m1/s1. The maximum atomic E-state index is 14.6. The highest BCUT2D eigenvalue weighted by Gasteiger charge is 2.51. The summed E-state index contributed by atoms with van der Waals surface area (Å²) in [6, 6.07) is 6.35. The van der Waals surface area contributed by atoms with Gasteiger partial charge in [-0.25, -0.2) is 13.2 Å². The van der Waals surface area contributed by atoms with Crippen molar-refractivity contribution in [3.63, 3.8) is 0 Å². The van der Waals surface area contributed by atoms with Crippen molar-refractivity contribution in [2.45, 2.75) is 38.2 Å². The summed E-state index contributed by atoms with van der Waals surface area (Å²) in [6.45, 7) is 2.42. The minimum absolute atomic E-state index is 0.0601. The van der Waals surface area contributed by atoms with Gasteiger partial charge in [0.1, 0.15) is 11.4 Å². The van der Waals surface area contributed by atoms with E-state index < -0.39 is 34.6 Å². The summed E-state index contributed by atoms with van der Waals surface area (Å²) in [4.78, 5) is 14.5. The minimum atomic E-state index is -1.25. The lowest BCUT2D eigenvalue weighted by Gasteiger charge is -2.53. The molecule has 2 N–H and O–H groups in total. The number of hydrogen-bond donors (Lipinski definition) is 2. The van der Waals surface area contributed by atoms with Gasteiger partial charge in [0, 0.05) is 3.57 Å². The Morgan fingerprint density at radius 1 is 1.13 bits per heavy atom. The smallest absolute Gasteiger partial charge is 0.256 e. The van der Waals surface area contributed by atoms with Gasteiger partial charge in [-0.3, -0.25) is 4.79 Å². The molecule has 4 rings (SSSR count). The number of rotatable bonds is 4. The number of likely N-dealkylation sites (tertiary alicyclic amines) is 1. The van der Waals surface area contributed by atoms with Crippen LogP contribution in [0.5, 0.6) is 0 Å². The molecule has 2 aromatic carbocycles. The second kappa shape index (κ2) is 8.61. The molecular formula is C23H24F3IN2O2. The normalized spacial score (nSPS) is 22.7. The first kappa shape index (κ1) is 22.4. The van der Waals surface area contributed by atoms with Crippen LogP contribution in [0.1, 0.15) is 43.0 Å². The fourth-order valence-electron chi connectivity index (χ4n) is 4.85. The predicted molar refractivity (Wildman–Crippen MR) is 121 cm³/mol. The molecule has 1 unspecified atom stereocenters. The SMILES string of the molecule is C[C@@H]1CCCCC1C1(O)CN(C(=O)c2ccc(F)c(F)c2Nc2ccc(I)cc2F)C1. The van der Waals surface area contributed by atoms with Gasteiger partial charge in [0.15, 0.2) is 11.6 Å². The van der Waals surface area contributed by atoms with Crippen molar-refractivity contribution in [3.05, 3.63) is 56.9 Å². The van der Waals surface area contributed by atoms with Crippen LogP contribution in [0.4, 0.5) is 24.5 Å². The second-order valence-electron chi connectivity index (χ2n) is 8.67. The van der Waals surface area contributed by atoms with Crippen LogP contribution in [0.15, 0.2) is 30.3 Å². The van der Waals surface area contributed by atoms with Gasteiger partial charge in [-0.1, -0.05) is 26.2 Å². The van der Waals surface area contributed by atoms with E-state index in [4.69, 9.17) is 0 Å². The van der Waals surface area contributed by atoms with Crippen LogP contribution in [-0.2, 0) is 0 Å². The number of aliphatic hydroxyl groups is 1. The van der Waals surface area contributed by atoms with Gasteiger partial charge < -0.3 is 15.3 Å². The summed E-state index contributed by atoms with van der Waals surface area (Å²) in [5.74, 6) is -3.06. The third-order valence-electron chi connectivity index (χ3n) is 6.53. The molecule has 4 nitrogen and oxygen atoms in total. The van der Waals surface area contributed by atoms with Crippen LogP contribution in [0, 0.1) is 32.9 Å². The summed E-state index contributed by atoms with van der Waals surface area (Å²) in [5, 5.41) is 13.6. The molecule has 1 aliphatic heterocycles. The highest BCUT2D eigenvalue weighted by atomic mass is 127. The van der Waals surface area contributed by atoms with E-state index in [9.17, 15) is 23.1 Å². The molecule has 2 fully saturated rings. The van der Waals surface area contributed by atoms with Gasteiger partial charge in [-0.05, 0) is 71.2 Å². The zero-order chi connectivity index (χ0) is 22.3. The average molecular weight is 544 g/mol. The molecule has 0 bridgehead atoms. The lowest BCUT2D eigenvalue weighted by Crippen LogP contribution is -2.68. The van der Waals surface area contributed by atoms with Crippen molar-refractivity contribution >= 4 is 39.9 Å². The molecule has 1 aliphatic carbocycles. The van der Waals surface area contributed by atoms with Gasteiger partial charge in [0.2, 0.25) is 0 Å². The van der Waals surface area contributed by atoms with E-state index in [0.717, 1.165) is 31.7 Å². The number of anilines is 2. The van der Waals surface area contributed by atoms with Crippen LogP contribution in [0.2, 0.25) is 0 Å². The molecule has 0 spiro atoms. The number of nitrogens with one attached hydrogen (secondary N) is 1. The molecule has 2 aromatic rings. The summed E-state index contributed by atoms with van der Waals surface area (Å²) >= 11 is 1.94. The van der Waals surface area contributed by atoms with Crippen molar-refractivity contribution < 1.29 is 23.1 Å². The Morgan fingerprint density at radius 2 is 1.84 bits per heavy atom.